The van der Waals surface area contributed by atoms with Crippen LogP contribution in [-0.2, 0) is 14.8 Å². The number of nitrogens with one attached hydrogen (secondary N) is 1. The van der Waals surface area contributed by atoms with Gasteiger partial charge in [-0.15, -0.1) is 0 Å². The number of anilines is 1. The van der Waals surface area contributed by atoms with E-state index < -0.39 is 15.9 Å². The number of sulfonamides is 1. The largest absolute Gasteiger partial charge is 0.332 e. The van der Waals surface area contributed by atoms with Crippen molar-refractivity contribution < 1.29 is 18.0 Å². The minimum Gasteiger partial charge on any atom is -0.332 e. The number of aryl methyl sites for hydroxylation is 1. The average molecular weight is 396 g/mol. The first kappa shape index (κ1) is 19.9. The molecule has 2 aromatic carbocycles. The van der Waals surface area contributed by atoms with E-state index in [4.69, 9.17) is 16.7 Å². The lowest BCUT2D eigenvalue weighted by atomic mass is 10.2. The summed E-state index contributed by atoms with van der Waals surface area (Å²) in [5, 5.41) is 7.68. The molecule has 0 aliphatic heterocycles. The van der Waals surface area contributed by atoms with Crippen molar-refractivity contribution in [2.24, 2.45) is 5.14 Å². The third-order valence-electron chi connectivity index (χ3n) is 3.55. The molecule has 0 fully saturated rings. The first-order valence-electron chi connectivity index (χ1n) is 7.52. The van der Waals surface area contributed by atoms with Crippen LogP contribution < -0.4 is 10.5 Å². The van der Waals surface area contributed by atoms with Gasteiger partial charge in [0.15, 0.2) is 0 Å². The zero-order chi connectivity index (χ0) is 19.5. The van der Waals surface area contributed by atoms with Crippen LogP contribution in [0.4, 0.5) is 5.69 Å². The van der Waals surface area contributed by atoms with Gasteiger partial charge in [0.1, 0.15) is 4.90 Å². The molecule has 9 heteroatoms. The molecular formula is C17H18ClN3O4S. The summed E-state index contributed by atoms with van der Waals surface area (Å²) in [4.78, 5) is 25.3. The second-order valence-electron chi connectivity index (χ2n) is 5.77. The molecule has 3 N–H and O–H groups in total. The molecular weight excluding hydrogens is 378 g/mol. The monoisotopic (exact) mass is 395 g/mol. The van der Waals surface area contributed by atoms with Gasteiger partial charge in [-0.05, 0) is 37.3 Å². The van der Waals surface area contributed by atoms with Crippen molar-refractivity contribution in [1.29, 1.82) is 0 Å². The van der Waals surface area contributed by atoms with Crippen LogP contribution in [0.5, 0.6) is 0 Å². The van der Waals surface area contributed by atoms with Gasteiger partial charge >= 0.3 is 0 Å². The molecule has 0 aromatic heterocycles. The van der Waals surface area contributed by atoms with Crippen molar-refractivity contribution in [3.63, 3.8) is 0 Å². The second-order valence-corrected chi connectivity index (χ2v) is 7.70. The molecule has 0 unspecified atom stereocenters. The number of benzene rings is 2. The van der Waals surface area contributed by atoms with Gasteiger partial charge in [0, 0.05) is 18.3 Å². The molecule has 2 aromatic rings. The fourth-order valence-electron chi connectivity index (χ4n) is 2.20. The number of carbonyl (C=O) groups excluding carboxylic acids is 2. The molecule has 0 aliphatic rings. The van der Waals surface area contributed by atoms with E-state index in [-0.39, 0.29) is 27.9 Å². The number of amides is 2. The Bertz CT molecular complexity index is 943. The van der Waals surface area contributed by atoms with Crippen molar-refractivity contribution >= 4 is 39.1 Å². The summed E-state index contributed by atoms with van der Waals surface area (Å²) < 4.78 is 23.0. The van der Waals surface area contributed by atoms with Gasteiger partial charge in [-0.25, -0.2) is 13.6 Å². The molecule has 0 spiro atoms. The highest BCUT2D eigenvalue weighted by atomic mass is 35.5. The Morgan fingerprint density at radius 1 is 1.15 bits per heavy atom. The Hall–Kier alpha value is -2.42. The molecule has 0 aliphatic carbocycles. The van der Waals surface area contributed by atoms with Crippen LogP contribution in [-0.4, -0.2) is 38.7 Å². The maximum atomic E-state index is 12.4. The molecule has 26 heavy (non-hydrogen) atoms. The van der Waals surface area contributed by atoms with Crippen LogP contribution in [0.25, 0.3) is 0 Å². The first-order chi connectivity index (χ1) is 12.1. The predicted octanol–water partition coefficient (Wildman–Crippen LogP) is 2.01. The summed E-state index contributed by atoms with van der Waals surface area (Å²) in [5.74, 6) is -0.920. The lowest BCUT2D eigenvalue weighted by Gasteiger charge is -2.17. The number of hydrogen-bond donors (Lipinski definition) is 2. The summed E-state index contributed by atoms with van der Waals surface area (Å²) >= 11 is 5.80. The van der Waals surface area contributed by atoms with Gasteiger partial charge in [-0.2, -0.15) is 0 Å². The maximum absolute atomic E-state index is 12.4. The van der Waals surface area contributed by atoms with E-state index in [9.17, 15) is 18.0 Å². The van der Waals surface area contributed by atoms with Crippen LogP contribution in [0.2, 0.25) is 5.02 Å². The predicted molar refractivity (Wildman–Crippen MR) is 99.6 cm³/mol. The van der Waals surface area contributed by atoms with E-state index in [2.05, 4.69) is 5.32 Å². The normalized spacial score (nSPS) is 11.1. The lowest BCUT2D eigenvalue weighted by Crippen LogP contribution is -2.35. The minimum atomic E-state index is -4.06. The molecule has 0 radical (unpaired) electrons. The van der Waals surface area contributed by atoms with Crippen LogP contribution >= 0.6 is 11.6 Å². The van der Waals surface area contributed by atoms with E-state index in [1.165, 1.54) is 24.1 Å². The lowest BCUT2D eigenvalue weighted by molar-refractivity contribution is -0.116. The standard InChI is InChI=1S/C17H18ClN3O4S/c1-11-3-6-13(7-4-11)20-16(22)10-21(2)17(23)12-5-8-14(18)15(9-12)26(19,24)25/h3-9H,10H2,1-2H3,(H,20,22)(H2,19,24,25). The van der Waals surface area contributed by atoms with Crippen LogP contribution in [0.1, 0.15) is 15.9 Å². The summed E-state index contributed by atoms with van der Waals surface area (Å²) in [5.41, 5.74) is 1.73. The zero-order valence-corrected chi connectivity index (χ0v) is 15.8. The number of likely N-dealkylation sites (N-methyl/N-ethyl adjacent to an activating group) is 1. The van der Waals surface area contributed by atoms with E-state index in [0.717, 1.165) is 11.6 Å². The number of rotatable bonds is 5. The van der Waals surface area contributed by atoms with Crippen molar-refractivity contribution in [1.82, 2.24) is 4.90 Å². The van der Waals surface area contributed by atoms with Crippen molar-refractivity contribution in [2.45, 2.75) is 11.8 Å². The minimum absolute atomic E-state index is 0.0593. The van der Waals surface area contributed by atoms with E-state index in [0.29, 0.717) is 5.69 Å². The number of carbonyl (C=O) groups is 2. The van der Waals surface area contributed by atoms with Crippen molar-refractivity contribution in [2.75, 3.05) is 18.9 Å². The molecule has 138 valence electrons. The number of nitrogens with zero attached hydrogens (tertiary/aromatic N) is 1. The van der Waals surface area contributed by atoms with E-state index in [1.807, 2.05) is 19.1 Å². The van der Waals surface area contributed by atoms with E-state index in [1.54, 1.807) is 12.1 Å². The fraction of sp³-hybridized carbons (Fsp3) is 0.176. The Balaban J connectivity index is 2.09. The second kappa shape index (κ2) is 7.86. The topological polar surface area (TPSA) is 110 Å². The summed E-state index contributed by atoms with van der Waals surface area (Å²) in [6, 6.07) is 11.0. The van der Waals surface area contributed by atoms with Crippen molar-refractivity contribution in [3.8, 4) is 0 Å². The Morgan fingerprint density at radius 3 is 2.35 bits per heavy atom. The average Bonchev–Trinajstić information content (AvgIpc) is 2.55. The van der Waals surface area contributed by atoms with Gasteiger partial charge in [0.05, 0.1) is 11.6 Å². The van der Waals surface area contributed by atoms with E-state index >= 15 is 0 Å². The zero-order valence-electron chi connectivity index (χ0n) is 14.2. The van der Waals surface area contributed by atoms with Gasteiger partial charge in [0.2, 0.25) is 15.9 Å². The van der Waals surface area contributed by atoms with Gasteiger partial charge in [-0.1, -0.05) is 29.3 Å². The number of hydrogen-bond acceptors (Lipinski definition) is 4. The number of primary sulfonamides is 1. The summed E-state index contributed by atoms with van der Waals surface area (Å²) in [7, 11) is -2.63. The number of halogens is 1. The quantitative estimate of drug-likeness (QED) is 0.806. The molecule has 0 saturated carbocycles. The van der Waals surface area contributed by atoms with Crippen LogP contribution in [0.3, 0.4) is 0 Å². The van der Waals surface area contributed by atoms with Crippen molar-refractivity contribution in [3.05, 3.63) is 58.6 Å². The van der Waals surface area contributed by atoms with Crippen LogP contribution in [0.15, 0.2) is 47.4 Å². The molecule has 0 heterocycles. The molecule has 2 rings (SSSR count). The van der Waals surface area contributed by atoms with Crippen LogP contribution in [0, 0.1) is 6.92 Å². The molecule has 0 bridgehead atoms. The highest BCUT2D eigenvalue weighted by molar-refractivity contribution is 7.89. The highest BCUT2D eigenvalue weighted by Gasteiger charge is 2.19. The maximum Gasteiger partial charge on any atom is 0.254 e. The highest BCUT2D eigenvalue weighted by Crippen LogP contribution is 2.22. The summed E-state index contributed by atoms with van der Waals surface area (Å²) in [6.45, 7) is 1.72. The van der Waals surface area contributed by atoms with Gasteiger partial charge < -0.3 is 10.2 Å². The van der Waals surface area contributed by atoms with Gasteiger partial charge in [0.25, 0.3) is 5.91 Å². The first-order valence-corrected chi connectivity index (χ1v) is 9.44. The smallest absolute Gasteiger partial charge is 0.254 e. The fourth-order valence-corrected chi connectivity index (χ4v) is 3.27. The SMILES string of the molecule is Cc1ccc(NC(=O)CN(C)C(=O)c2ccc(Cl)c(S(N)(=O)=O)c2)cc1. The Labute approximate surface area is 156 Å². The third-order valence-corrected chi connectivity index (χ3v) is 4.94. The molecule has 2 amide bonds. The Kier molecular flexibility index (Phi) is 6.01. The third kappa shape index (κ3) is 5.04. The number of nitrogens with two attached hydrogens (primary N) is 1. The van der Waals surface area contributed by atoms with Gasteiger partial charge in [-0.3, -0.25) is 9.59 Å². The molecule has 0 saturated heterocycles. The molecule has 7 nitrogen and oxygen atoms in total. The Morgan fingerprint density at radius 2 is 1.77 bits per heavy atom. The summed E-state index contributed by atoms with van der Waals surface area (Å²) in [6.07, 6.45) is 0. The molecule has 0 atom stereocenters.